The second-order valence-corrected chi connectivity index (χ2v) is 10.1. The quantitative estimate of drug-likeness (QED) is 0.277. The number of carbonyl (C=O) groups excluding carboxylic acids is 2. The number of anilines is 1. The van der Waals surface area contributed by atoms with Crippen LogP contribution in [0.2, 0.25) is 5.02 Å². The maximum absolute atomic E-state index is 13.1. The zero-order valence-electron chi connectivity index (χ0n) is 18.3. The van der Waals surface area contributed by atoms with Crippen molar-refractivity contribution in [1.29, 1.82) is 0 Å². The van der Waals surface area contributed by atoms with Gasteiger partial charge in [0.2, 0.25) is 5.91 Å². The Labute approximate surface area is 206 Å². The van der Waals surface area contributed by atoms with Gasteiger partial charge in [-0.1, -0.05) is 71.1 Å². The van der Waals surface area contributed by atoms with Gasteiger partial charge >= 0.3 is 0 Å². The van der Waals surface area contributed by atoms with Crippen LogP contribution >= 0.6 is 34.7 Å². The summed E-state index contributed by atoms with van der Waals surface area (Å²) in [4.78, 5) is 29.7. The summed E-state index contributed by atoms with van der Waals surface area (Å²) < 4.78 is 6.58. The fourth-order valence-electron chi connectivity index (χ4n) is 2.70. The molecule has 0 unspecified atom stereocenters. The molecule has 2 N–H and O–H groups in total. The third-order valence-corrected chi connectivity index (χ3v) is 6.75. The van der Waals surface area contributed by atoms with E-state index in [1.165, 1.54) is 23.1 Å². The molecule has 2 amide bonds. The lowest BCUT2D eigenvalue weighted by Crippen LogP contribution is -2.42. The molecule has 172 valence electrons. The Bertz CT molecular complexity index is 1120. The van der Waals surface area contributed by atoms with Crippen molar-refractivity contribution in [2.75, 3.05) is 17.6 Å². The topological polar surface area (TPSA) is 80.3 Å². The number of thiazole rings is 1. The summed E-state index contributed by atoms with van der Waals surface area (Å²) in [6.45, 7) is 7.39. The van der Waals surface area contributed by atoms with Crippen LogP contribution in [0.1, 0.15) is 13.8 Å². The zero-order valence-corrected chi connectivity index (χ0v) is 20.7. The number of benzene rings is 2. The van der Waals surface area contributed by atoms with Gasteiger partial charge in [-0.15, -0.1) is 6.58 Å². The molecule has 3 rings (SSSR count). The highest BCUT2D eigenvalue weighted by Gasteiger charge is 2.31. The van der Waals surface area contributed by atoms with E-state index in [0.29, 0.717) is 32.4 Å². The minimum atomic E-state index is -1.15. The molecule has 3 aromatic rings. The first-order valence-electron chi connectivity index (χ1n) is 10.1. The lowest BCUT2D eigenvalue weighted by Gasteiger charge is -2.25. The maximum Gasteiger partial charge on any atom is 0.268 e. The molecule has 0 bridgehead atoms. The number of thioether (sulfide) groups is 1. The summed E-state index contributed by atoms with van der Waals surface area (Å²) >= 11 is 8.56. The van der Waals surface area contributed by atoms with E-state index in [9.17, 15) is 9.59 Å². The highest BCUT2D eigenvalue weighted by atomic mass is 35.5. The monoisotopic (exact) mass is 501 g/mol. The van der Waals surface area contributed by atoms with Crippen LogP contribution in [0, 0.1) is 0 Å². The van der Waals surface area contributed by atoms with Crippen LogP contribution in [0.4, 0.5) is 5.00 Å². The molecule has 0 radical (unpaired) electrons. The number of amides is 2. The van der Waals surface area contributed by atoms with Gasteiger partial charge in [0, 0.05) is 17.1 Å². The van der Waals surface area contributed by atoms with Gasteiger partial charge in [-0.3, -0.25) is 9.59 Å². The van der Waals surface area contributed by atoms with Crippen molar-refractivity contribution in [2.24, 2.45) is 0 Å². The highest BCUT2D eigenvalue weighted by Crippen LogP contribution is 2.38. The van der Waals surface area contributed by atoms with Gasteiger partial charge in [0.25, 0.3) is 5.91 Å². The molecule has 1 aromatic heterocycles. The first-order chi connectivity index (χ1) is 15.8. The van der Waals surface area contributed by atoms with Crippen molar-refractivity contribution in [3.05, 3.63) is 72.3 Å². The molecule has 1 heterocycles. The second-order valence-electron chi connectivity index (χ2n) is 7.43. The summed E-state index contributed by atoms with van der Waals surface area (Å²) in [5.74, 6) is 0.320. The number of nitrogens with one attached hydrogen (secondary N) is 2. The molecule has 0 aliphatic heterocycles. The zero-order chi connectivity index (χ0) is 23.8. The number of carbonyl (C=O) groups is 2. The molecule has 0 fully saturated rings. The fraction of sp³-hybridized carbons (Fsp3) is 0.208. The SMILES string of the molecule is C=CCNC(=O)CSc1nc(-c2ccccc2)c(NC(=O)C(C)(C)Oc2ccc(Cl)cc2)s1. The van der Waals surface area contributed by atoms with Gasteiger partial charge in [-0.05, 0) is 38.1 Å². The predicted molar refractivity (Wildman–Crippen MR) is 136 cm³/mol. The Balaban J connectivity index is 1.78. The molecule has 2 aromatic carbocycles. The van der Waals surface area contributed by atoms with Crippen molar-refractivity contribution >= 4 is 51.5 Å². The number of hydrogen-bond acceptors (Lipinski definition) is 6. The van der Waals surface area contributed by atoms with Crippen LogP contribution in [-0.2, 0) is 9.59 Å². The van der Waals surface area contributed by atoms with Crippen LogP contribution in [-0.4, -0.2) is 34.7 Å². The lowest BCUT2D eigenvalue weighted by atomic mass is 10.1. The molecule has 6 nitrogen and oxygen atoms in total. The number of halogens is 1. The number of ether oxygens (including phenoxy) is 1. The molecule has 0 atom stereocenters. The third kappa shape index (κ3) is 7.08. The van der Waals surface area contributed by atoms with E-state index in [2.05, 4.69) is 22.2 Å². The Morgan fingerprint density at radius 3 is 2.55 bits per heavy atom. The van der Waals surface area contributed by atoms with Gasteiger partial charge in [0.05, 0.1) is 5.75 Å². The van der Waals surface area contributed by atoms with Gasteiger partial charge < -0.3 is 15.4 Å². The van der Waals surface area contributed by atoms with E-state index >= 15 is 0 Å². The van der Waals surface area contributed by atoms with Gasteiger partial charge in [0.15, 0.2) is 9.94 Å². The molecule has 0 saturated heterocycles. The number of nitrogens with zero attached hydrogens (tertiary/aromatic N) is 1. The largest absolute Gasteiger partial charge is 0.478 e. The first-order valence-corrected chi connectivity index (χ1v) is 12.3. The Kier molecular flexibility index (Phi) is 8.55. The van der Waals surface area contributed by atoms with Crippen molar-refractivity contribution < 1.29 is 14.3 Å². The van der Waals surface area contributed by atoms with Crippen molar-refractivity contribution in [3.63, 3.8) is 0 Å². The Morgan fingerprint density at radius 2 is 1.88 bits per heavy atom. The van der Waals surface area contributed by atoms with Crippen LogP contribution in [0.3, 0.4) is 0 Å². The molecule has 33 heavy (non-hydrogen) atoms. The van der Waals surface area contributed by atoms with Gasteiger partial charge in [-0.2, -0.15) is 0 Å². The molecule has 0 spiro atoms. The molecule has 0 aliphatic carbocycles. The molecular weight excluding hydrogens is 478 g/mol. The highest BCUT2D eigenvalue weighted by molar-refractivity contribution is 8.01. The summed E-state index contributed by atoms with van der Waals surface area (Å²) in [6, 6.07) is 16.4. The average Bonchev–Trinajstić information content (AvgIpc) is 3.21. The number of rotatable bonds is 10. The van der Waals surface area contributed by atoms with Crippen molar-refractivity contribution in [3.8, 4) is 17.0 Å². The van der Waals surface area contributed by atoms with Crippen LogP contribution < -0.4 is 15.4 Å². The van der Waals surface area contributed by atoms with Crippen molar-refractivity contribution in [2.45, 2.75) is 23.8 Å². The lowest BCUT2D eigenvalue weighted by molar-refractivity contribution is -0.128. The maximum atomic E-state index is 13.1. The fourth-order valence-corrected chi connectivity index (χ4v) is 4.72. The number of hydrogen-bond donors (Lipinski definition) is 2. The van der Waals surface area contributed by atoms with E-state index in [4.69, 9.17) is 16.3 Å². The van der Waals surface area contributed by atoms with E-state index in [0.717, 1.165) is 5.56 Å². The normalized spacial score (nSPS) is 11.0. The summed E-state index contributed by atoms with van der Waals surface area (Å²) in [7, 11) is 0. The van der Waals surface area contributed by atoms with Crippen LogP contribution in [0.15, 0.2) is 71.6 Å². The molecule has 0 aliphatic rings. The Morgan fingerprint density at radius 1 is 1.18 bits per heavy atom. The van der Waals surface area contributed by atoms with E-state index in [-0.39, 0.29) is 17.6 Å². The van der Waals surface area contributed by atoms with Gasteiger partial charge in [0.1, 0.15) is 16.4 Å². The third-order valence-electron chi connectivity index (χ3n) is 4.39. The summed E-state index contributed by atoms with van der Waals surface area (Å²) in [6.07, 6.45) is 1.63. The average molecular weight is 502 g/mol. The molecular formula is C24H24ClN3O3S2. The smallest absolute Gasteiger partial charge is 0.268 e. The summed E-state index contributed by atoms with van der Waals surface area (Å²) in [5, 5.41) is 6.88. The van der Waals surface area contributed by atoms with Crippen LogP contribution in [0.25, 0.3) is 11.3 Å². The minimum absolute atomic E-state index is 0.112. The van der Waals surface area contributed by atoms with E-state index in [1.54, 1.807) is 44.2 Å². The molecule has 0 saturated carbocycles. The molecule has 9 heteroatoms. The van der Waals surface area contributed by atoms with Crippen molar-refractivity contribution in [1.82, 2.24) is 10.3 Å². The predicted octanol–water partition coefficient (Wildman–Crippen LogP) is 5.65. The van der Waals surface area contributed by atoms with Gasteiger partial charge in [-0.25, -0.2) is 4.98 Å². The minimum Gasteiger partial charge on any atom is -0.478 e. The standard InChI is InChI=1S/C24H24ClN3O3S2/c1-4-14-26-19(29)15-32-23-27-20(16-8-6-5-7-9-16)21(33-23)28-22(30)24(2,3)31-18-12-10-17(25)11-13-18/h4-13H,1,14-15H2,2-3H3,(H,26,29)(H,28,30). The second kappa shape index (κ2) is 11.4. The Hall–Kier alpha value is -2.81. The van der Waals surface area contributed by atoms with Crippen LogP contribution in [0.5, 0.6) is 5.75 Å². The number of aromatic nitrogens is 1. The summed E-state index contributed by atoms with van der Waals surface area (Å²) in [5.41, 5.74) is 0.359. The van der Waals surface area contributed by atoms with E-state index in [1.807, 2.05) is 30.3 Å². The first kappa shape index (κ1) is 24.8. The van der Waals surface area contributed by atoms with E-state index < -0.39 is 5.60 Å².